The third kappa shape index (κ3) is 5.82. The van der Waals surface area contributed by atoms with Crippen LogP contribution in [0.1, 0.15) is 17.5 Å². The summed E-state index contributed by atoms with van der Waals surface area (Å²) >= 11 is 7.15. The minimum atomic E-state index is -0.614. The van der Waals surface area contributed by atoms with Crippen LogP contribution in [0.2, 0.25) is 5.02 Å². The highest BCUT2D eigenvalue weighted by molar-refractivity contribution is 8.15. The van der Waals surface area contributed by atoms with Gasteiger partial charge in [-0.1, -0.05) is 29.4 Å². The second-order valence-electron chi connectivity index (χ2n) is 6.23. The number of nitrogens with one attached hydrogen (secondary N) is 2. The number of rotatable bonds is 5. The molecule has 0 spiro atoms. The Morgan fingerprint density at radius 1 is 1.31 bits per heavy atom. The molecule has 150 valence electrons. The van der Waals surface area contributed by atoms with E-state index in [4.69, 9.17) is 16.3 Å². The van der Waals surface area contributed by atoms with E-state index in [0.29, 0.717) is 10.7 Å². The molecule has 0 unspecified atom stereocenters. The molecular formula is C20H19ClN4O3S. The van der Waals surface area contributed by atoms with Gasteiger partial charge in [0.1, 0.15) is 11.0 Å². The van der Waals surface area contributed by atoms with Crippen LogP contribution >= 0.6 is 23.4 Å². The van der Waals surface area contributed by atoms with Crippen molar-refractivity contribution in [2.24, 2.45) is 10.2 Å². The number of hydrogen-bond donors (Lipinski definition) is 2. The van der Waals surface area contributed by atoms with Crippen molar-refractivity contribution < 1.29 is 14.3 Å². The van der Waals surface area contributed by atoms with Crippen molar-refractivity contribution in [2.75, 3.05) is 12.4 Å². The summed E-state index contributed by atoms with van der Waals surface area (Å²) < 4.78 is 5.10. The Kier molecular flexibility index (Phi) is 6.90. The van der Waals surface area contributed by atoms with Gasteiger partial charge in [-0.05, 0) is 54.4 Å². The lowest BCUT2D eigenvalue weighted by Gasteiger charge is -2.22. The van der Waals surface area contributed by atoms with E-state index in [1.165, 1.54) is 0 Å². The number of carbonyl (C=O) groups excluding carboxylic acids is 2. The maximum Gasteiger partial charge on any atom is 0.238 e. The molecule has 0 saturated carbocycles. The van der Waals surface area contributed by atoms with E-state index >= 15 is 0 Å². The molecule has 1 aliphatic rings. The van der Waals surface area contributed by atoms with Gasteiger partial charge in [-0.2, -0.15) is 5.10 Å². The van der Waals surface area contributed by atoms with Gasteiger partial charge in [0.15, 0.2) is 5.17 Å². The molecule has 1 heterocycles. The predicted molar refractivity (Wildman–Crippen MR) is 117 cm³/mol. The van der Waals surface area contributed by atoms with Crippen LogP contribution in [-0.4, -0.2) is 35.6 Å². The van der Waals surface area contributed by atoms with Gasteiger partial charge in [-0.3, -0.25) is 9.59 Å². The molecule has 9 heteroatoms. The standard InChI is InChI=1S/C20H19ClN4O3S/c1-12-3-6-14(21)9-16(12)23-19(27)17-10-18(26)24-20(29-17)25-22-11-13-4-7-15(28-2)8-5-13/h3-9,11,17H,10H2,1-2H3,(H,23,27)(H,24,25,26)/b22-11-/t17-/m0/s1. The molecule has 7 nitrogen and oxygen atoms in total. The summed E-state index contributed by atoms with van der Waals surface area (Å²) in [6.07, 6.45) is 1.61. The molecule has 0 aliphatic carbocycles. The summed E-state index contributed by atoms with van der Waals surface area (Å²) in [6, 6.07) is 12.5. The zero-order valence-corrected chi connectivity index (χ0v) is 17.4. The van der Waals surface area contributed by atoms with Crippen LogP contribution in [0.15, 0.2) is 52.7 Å². The van der Waals surface area contributed by atoms with Gasteiger partial charge in [0, 0.05) is 17.1 Å². The van der Waals surface area contributed by atoms with E-state index in [2.05, 4.69) is 20.8 Å². The summed E-state index contributed by atoms with van der Waals surface area (Å²) in [6.45, 7) is 1.87. The second kappa shape index (κ2) is 9.58. The second-order valence-corrected chi connectivity index (χ2v) is 7.86. The van der Waals surface area contributed by atoms with Crippen LogP contribution < -0.4 is 15.4 Å². The lowest BCUT2D eigenvalue weighted by atomic mass is 10.2. The van der Waals surface area contributed by atoms with E-state index in [-0.39, 0.29) is 23.4 Å². The summed E-state index contributed by atoms with van der Waals surface area (Å²) in [5, 5.41) is 13.7. The third-order valence-corrected chi connectivity index (χ3v) is 5.40. The fraction of sp³-hybridized carbons (Fsp3) is 0.200. The number of amidine groups is 1. The summed E-state index contributed by atoms with van der Waals surface area (Å²) in [5.41, 5.74) is 2.32. The van der Waals surface area contributed by atoms with E-state index in [9.17, 15) is 9.59 Å². The number of benzene rings is 2. The van der Waals surface area contributed by atoms with Gasteiger partial charge in [-0.15, -0.1) is 5.10 Å². The highest BCUT2D eigenvalue weighted by atomic mass is 35.5. The van der Waals surface area contributed by atoms with Crippen molar-refractivity contribution in [1.29, 1.82) is 0 Å². The predicted octanol–water partition coefficient (Wildman–Crippen LogP) is 3.61. The van der Waals surface area contributed by atoms with Gasteiger partial charge in [0.05, 0.1) is 13.3 Å². The number of ether oxygens (including phenoxy) is 1. The number of aryl methyl sites for hydroxylation is 1. The molecule has 1 aliphatic heterocycles. The molecule has 1 fully saturated rings. The van der Waals surface area contributed by atoms with Crippen molar-refractivity contribution in [2.45, 2.75) is 18.6 Å². The molecule has 1 saturated heterocycles. The van der Waals surface area contributed by atoms with E-state index in [1.807, 2.05) is 37.3 Å². The first-order valence-electron chi connectivity index (χ1n) is 8.73. The highest BCUT2D eigenvalue weighted by Crippen LogP contribution is 2.25. The first kappa shape index (κ1) is 20.9. The van der Waals surface area contributed by atoms with E-state index < -0.39 is 5.25 Å². The zero-order valence-electron chi connectivity index (χ0n) is 15.8. The molecule has 0 radical (unpaired) electrons. The fourth-order valence-corrected chi connectivity index (χ4v) is 3.63. The Balaban J connectivity index is 1.66. The molecule has 2 aromatic carbocycles. The van der Waals surface area contributed by atoms with Crippen LogP contribution in [0.5, 0.6) is 5.75 Å². The van der Waals surface area contributed by atoms with Crippen molar-refractivity contribution >= 4 is 52.2 Å². The zero-order chi connectivity index (χ0) is 20.8. The maximum absolute atomic E-state index is 12.6. The molecule has 2 amide bonds. The molecule has 29 heavy (non-hydrogen) atoms. The van der Waals surface area contributed by atoms with Gasteiger partial charge < -0.3 is 15.4 Å². The number of hydrogen-bond acceptors (Lipinski definition) is 6. The van der Waals surface area contributed by atoms with E-state index in [0.717, 1.165) is 28.6 Å². The lowest BCUT2D eigenvalue weighted by Crippen LogP contribution is -2.41. The van der Waals surface area contributed by atoms with Crippen molar-refractivity contribution in [3.63, 3.8) is 0 Å². The molecular weight excluding hydrogens is 412 g/mol. The summed E-state index contributed by atoms with van der Waals surface area (Å²) in [7, 11) is 1.60. The van der Waals surface area contributed by atoms with Crippen LogP contribution in [0.4, 0.5) is 5.69 Å². The van der Waals surface area contributed by atoms with Crippen LogP contribution in [-0.2, 0) is 9.59 Å². The van der Waals surface area contributed by atoms with Gasteiger partial charge >= 0.3 is 0 Å². The number of nitrogens with zero attached hydrogens (tertiary/aromatic N) is 2. The van der Waals surface area contributed by atoms with Crippen molar-refractivity contribution in [3.05, 3.63) is 58.6 Å². The Morgan fingerprint density at radius 2 is 2.07 bits per heavy atom. The monoisotopic (exact) mass is 430 g/mol. The lowest BCUT2D eigenvalue weighted by molar-refractivity contribution is -0.123. The number of methoxy groups -OCH3 is 1. The molecule has 0 aromatic heterocycles. The number of amides is 2. The van der Waals surface area contributed by atoms with Crippen LogP contribution in [0.3, 0.4) is 0 Å². The summed E-state index contributed by atoms with van der Waals surface area (Å²) in [5.74, 6) is 0.166. The van der Waals surface area contributed by atoms with Crippen molar-refractivity contribution in [1.82, 2.24) is 5.32 Å². The topological polar surface area (TPSA) is 92.2 Å². The molecule has 2 aromatic rings. The largest absolute Gasteiger partial charge is 0.497 e. The van der Waals surface area contributed by atoms with Crippen LogP contribution in [0.25, 0.3) is 0 Å². The Labute approximate surface area is 177 Å². The number of halogens is 1. The fourth-order valence-electron chi connectivity index (χ4n) is 2.52. The maximum atomic E-state index is 12.6. The SMILES string of the molecule is COc1ccc(/C=N\N=C2NC(=O)C[C@@H](C(=O)Nc3cc(Cl)ccc3C)S2)cc1. The normalized spacial score (nSPS) is 18.0. The number of thioether (sulfide) groups is 1. The smallest absolute Gasteiger partial charge is 0.238 e. The van der Waals surface area contributed by atoms with Crippen molar-refractivity contribution in [3.8, 4) is 5.75 Å². The summed E-state index contributed by atoms with van der Waals surface area (Å²) in [4.78, 5) is 24.6. The Morgan fingerprint density at radius 3 is 2.79 bits per heavy atom. The van der Waals surface area contributed by atoms with Crippen LogP contribution in [0, 0.1) is 6.92 Å². The van der Waals surface area contributed by atoms with Gasteiger partial charge in [-0.25, -0.2) is 0 Å². The molecule has 3 rings (SSSR count). The number of anilines is 1. The van der Waals surface area contributed by atoms with E-state index in [1.54, 1.807) is 25.5 Å². The molecule has 1 atom stereocenters. The Hall–Kier alpha value is -2.84. The average Bonchev–Trinajstić information content (AvgIpc) is 2.71. The Bertz CT molecular complexity index is 976. The highest BCUT2D eigenvalue weighted by Gasteiger charge is 2.30. The third-order valence-electron chi connectivity index (χ3n) is 4.09. The minimum absolute atomic E-state index is 0.0529. The molecule has 0 bridgehead atoms. The quantitative estimate of drug-likeness (QED) is 0.560. The van der Waals surface area contributed by atoms with Gasteiger partial charge in [0.25, 0.3) is 0 Å². The number of carbonyl (C=O) groups is 2. The first-order valence-corrected chi connectivity index (χ1v) is 9.99. The van der Waals surface area contributed by atoms with Gasteiger partial charge in [0.2, 0.25) is 11.8 Å². The average molecular weight is 431 g/mol. The minimum Gasteiger partial charge on any atom is -0.497 e. The molecule has 2 N–H and O–H groups in total. The first-order chi connectivity index (χ1) is 13.9.